The van der Waals surface area contributed by atoms with Crippen molar-refractivity contribution in [3.63, 3.8) is 0 Å². The second-order valence-electron chi connectivity index (χ2n) is 5.21. The molecule has 0 saturated heterocycles. The molecule has 2 aromatic rings. The highest BCUT2D eigenvalue weighted by molar-refractivity contribution is 5.89. The number of benzene rings is 2. The quantitative estimate of drug-likeness (QED) is 0.382. The number of nitrogens with zero attached hydrogens (tertiary/aromatic N) is 3. The summed E-state index contributed by atoms with van der Waals surface area (Å²) >= 11 is 0. The van der Waals surface area contributed by atoms with Crippen LogP contribution in [0.1, 0.15) is 11.1 Å². The van der Waals surface area contributed by atoms with Crippen LogP contribution in [0.3, 0.4) is 0 Å². The molecule has 0 bridgehead atoms. The minimum absolute atomic E-state index is 0.00712. The molecule has 0 radical (unpaired) electrons. The highest BCUT2D eigenvalue weighted by Crippen LogP contribution is 2.22. The predicted molar refractivity (Wildman–Crippen MR) is 93.4 cm³/mol. The van der Waals surface area contributed by atoms with Gasteiger partial charge in [0.05, 0.1) is 23.2 Å². The minimum Gasteiger partial charge on any atom is -0.395 e. The molecule has 6 nitrogen and oxygen atoms in total. The van der Waals surface area contributed by atoms with Gasteiger partial charge in [0.15, 0.2) is 0 Å². The van der Waals surface area contributed by atoms with E-state index >= 15 is 0 Å². The molecule has 0 amide bonds. The highest BCUT2D eigenvalue weighted by Gasteiger charge is 2.07. The molecule has 24 heavy (non-hydrogen) atoms. The lowest BCUT2D eigenvalue weighted by molar-refractivity contribution is -0.384. The van der Waals surface area contributed by atoms with Crippen LogP contribution in [-0.4, -0.2) is 30.2 Å². The fourth-order valence-electron chi connectivity index (χ4n) is 2.21. The average molecular weight is 323 g/mol. The number of non-ortho nitro benzene ring substituents is 1. The van der Waals surface area contributed by atoms with Crippen molar-refractivity contribution in [2.45, 2.75) is 0 Å². The number of nitro groups is 1. The van der Waals surface area contributed by atoms with Crippen LogP contribution in [0.5, 0.6) is 0 Å². The molecule has 0 atom stereocenters. The van der Waals surface area contributed by atoms with Gasteiger partial charge in [0.1, 0.15) is 0 Å². The normalized spacial score (nSPS) is 11.0. The largest absolute Gasteiger partial charge is 0.395 e. The fraction of sp³-hybridized carbons (Fsp3) is 0.167. The molecular weight excluding hydrogens is 306 g/mol. The SMILES string of the molecule is CN(CCO)c1ccc(/C=C(\C#N)c2ccc([N+](=O)[O-])cc2)cc1. The van der Waals surface area contributed by atoms with Crippen LogP contribution in [0, 0.1) is 21.4 Å². The maximum absolute atomic E-state index is 10.7. The molecule has 0 aliphatic heterocycles. The van der Waals surface area contributed by atoms with Gasteiger partial charge in [-0.15, -0.1) is 0 Å². The standard InChI is InChI=1S/C18H17N3O3/c1-20(10-11-22)17-6-2-14(3-7-17)12-16(13-19)15-4-8-18(9-5-15)21(23)24/h2-9,12,22H,10-11H2,1H3/b16-12+. The van der Waals surface area contributed by atoms with Crippen LogP contribution >= 0.6 is 0 Å². The molecule has 0 aliphatic carbocycles. The third-order valence-electron chi connectivity index (χ3n) is 3.59. The monoisotopic (exact) mass is 323 g/mol. The van der Waals surface area contributed by atoms with Crippen molar-refractivity contribution < 1.29 is 10.0 Å². The maximum atomic E-state index is 10.7. The molecule has 0 spiro atoms. The van der Waals surface area contributed by atoms with Crippen LogP contribution in [0.4, 0.5) is 11.4 Å². The number of hydrogen-bond acceptors (Lipinski definition) is 5. The van der Waals surface area contributed by atoms with E-state index in [-0.39, 0.29) is 12.3 Å². The Hall–Kier alpha value is -3.17. The van der Waals surface area contributed by atoms with E-state index < -0.39 is 4.92 Å². The topological polar surface area (TPSA) is 90.4 Å². The molecule has 2 aromatic carbocycles. The molecule has 0 saturated carbocycles. The number of rotatable bonds is 6. The molecule has 0 aliphatic rings. The first-order valence-electron chi connectivity index (χ1n) is 7.34. The Labute approximate surface area is 140 Å². The molecule has 122 valence electrons. The fourth-order valence-corrected chi connectivity index (χ4v) is 2.21. The summed E-state index contributed by atoms with van der Waals surface area (Å²) in [5.74, 6) is 0. The molecule has 0 fully saturated rings. The van der Waals surface area contributed by atoms with E-state index in [9.17, 15) is 15.4 Å². The zero-order valence-corrected chi connectivity index (χ0v) is 13.2. The summed E-state index contributed by atoms with van der Waals surface area (Å²) in [4.78, 5) is 12.1. The van der Waals surface area contributed by atoms with E-state index in [2.05, 4.69) is 6.07 Å². The van der Waals surface area contributed by atoms with Crippen LogP contribution < -0.4 is 4.90 Å². The summed E-state index contributed by atoms with van der Waals surface area (Å²) in [6, 6.07) is 15.6. The predicted octanol–water partition coefficient (Wildman–Crippen LogP) is 3.09. The van der Waals surface area contributed by atoms with Crippen molar-refractivity contribution in [3.05, 3.63) is 69.8 Å². The third kappa shape index (κ3) is 4.18. The van der Waals surface area contributed by atoms with Gasteiger partial charge in [0, 0.05) is 31.4 Å². The minimum atomic E-state index is -0.471. The van der Waals surface area contributed by atoms with E-state index in [4.69, 9.17) is 5.11 Å². The summed E-state index contributed by atoms with van der Waals surface area (Å²) in [5.41, 5.74) is 2.87. The van der Waals surface area contributed by atoms with Gasteiger partial charge < -0.3 is 10.0 Å². The lowest BCUT2D eigenvalue weighted by Gasteiger charge is -2.17. The molecule has 0 unspecified atom stereocenters. The number of nitro benzene ring substituents is 1. The zero-order valence-electron chi connectivity index (χ0n) is 13.2. The molecule has 0 heterocycles. The Bertz CT molecular complexity index is 775. The number of hydrogen-bond donors (Lipinski definition) is 1. The van der Waals surface area contributed by atoms with Crippen molar-refractivity contribution in [1.82, 2.24) is 0 Å². The zero-order chi connectivity index (χ0) is 17.5. The Morgan fingerprint density at radius 3 is 2.38 bits per heavy atom. The summed E-state index contributed by atoms with van der Waals surface area (Å²) in [5, 5.41) is 29.0. The number of aliphatic hydroxyl groups is 1. The summed E-state index contributed by atoms with van der Waals surface area (Å²) < 4.78 is 0. The van der Waals surface area contributed by atoms with Gasteiger partial charge >= 0.3 is 0 Å². The Morgan fingerprint density at radius 1 is 1.25 bits per heavy atom. The summed E-state index contributed by atoms with van der Waals surface area (Å²) in [7, 11) is 1.89. The lowest BCUT2D eigenvalue weighted by Crippen LogP contribution is -2.20. The van der Waals surface area contributed by atoms with Crippen molar-refractivity contribution in [3.8, 4) is 6.07 Å². The van der Waals surface area contributed by atoms with Gasteiger partial charge in [0.2, 0.25) is 0 Å². The first-order chi connectivity index (χ1) is 11.5. The Kier molecular flexibility index (Phi) is 5.66. The van der Waals surface area contributed by atoms with Crippen molar-refractivity contribution in [1.29, 1.82) is 5.26 Å². The number of nitriles is 1. The van der Waals surface area contributed by atoms with Gasteiger partial charge in [-0.05, 0) is 41.5 Å². The van der Waals surface area contributed by atoms with E-state index in [0.717, 1.165) is 11.3 Å². The van der Waals surface area contributed by atoms with Crippen LogP contribution in [0.2, 0.25) is 0 Å². The van der Waals surface area contributed by atoms with Crippen LogP contribution in [0.25, 0.3) is 11.6 Å². The number of likely N-dealkylation sites (N-methyl/N-ethyl adjacent to an activating group) is 1. The van der Waals surface area contributed by atoms with Gasteiger partial charge in [0.25, 0.3) is 5.69 Å². The Morgan fingerprint density at radius 2 is 1.88 bits per heavy atom. The Balaban J connectivity index is 2.24. The lowest BCUT2D eigenvalue weighted by atomic mass is 10.0. The second-order valence-corrected chi connectivity index (χ2v) is 5.21. The van der Waals surface area contributed by atoms with Gasteiger partial charge in [-0.3, -0.25) is 10.1 Å². The van der Waals surface area contributed by atoms with Crippen LogP contribution in [-0.2, 0) is 0 Å². The van der Waals surface area contributed by atoms with E-state index in [1.807, 2.05) is 36.2 Å². The van der Waals surface area contributed by atoms with Crippen molar-refractivity contribution in [2.24, 2.45) is 0 Å². The first-order valence-corrected chi connectivity index (χ1v) is 7.34. The number of anilines is 1. The third-order valence-corrected chi connectivity index (χ3v) is 3.59. The number of allylic oxidation sites excluding steroid dienone is 1. The van der Waals surface area contributed by atoms with E-state index in [1.165, 1.54) is 12.1 Å². The molecular formula is C18H17N3O3. The average Bonchev–Trinajstić information content (AvgIpc) is 2.60. The molecule has 0 aromatic heterocycles. The van der Waals surface area contributed by atoms with E-state index in [0.29, 0.717) is 17.7 Å². The van der Waals surface area contributed by atoms with E-state index in [1.54, 1.807) is 18.2 Å². The first kappa shape index (κ1) is 17.2. The maximum Gasteiger partial charge on any atom is 0.269 e. The number of aliphatic hydroxyl groups excluding tert-OH is 1. The summed E-state index contributed by atoms with van der Waals surface area (Å²) in [6.07, 6.45) is 1.73. The second kappa shape index (κ2) is 7.90. The van der Waals surface area contributed by atoms with Gasteiger partial charge in [-0.2, -0.15) is 5.26 Å². The van der Waals surface area contributed by atoms with Gasteiger partial charge in [-0.25, -0.2) is 0 Å². The molecule has 6 heteroatoms. The van der Waals surface area contributed by atoms with Crippen molar-refractivity contribution in [2.75, 3.05) is 25.1 Å². The summed E-state index contributed by atoms with van der Waals surface area (Å²) in [6.45, 7) is 0.623. The van der Waals surface area contributed by atoms with Gasteiger partial charge in [-0.1, -0.05) is 12.1 Å². The molecule has 2 rings (SSSR count). The van der Waals surface area contributed by atoms with Crippen LogP contribution in [0.15, 0.2) is 48.5 Å². The molecule has 1 N–H and O–H groups in total. The van der Waals surface area contributed by atoms with Crippen molar-refractivity contribution >= 4 is 23.0 Å². The highest BCUT2D eigenvalue weighted by atomic mass is 16.6. The smallest absolute Gasteiger partial charge is 0.269 e.